The van der Waals surface area contributed by atoms with E-state index in [-0.39, 0.29) is 0 Å². The second-order valence-electron chi connectivity index (χ2n) is 3.84. The van der Waals surface area contributed by atoms with Crippen LogP contribution in [0.2, 0.25) is 0 Å². The van der Waals surface area contributed by atoms with Crippen molar-refractivity contribution in [1.29, 1.82) is 0 Å². The van der Waals surface area contributed by atoms with Crippen molar-refractivity contribution in [3.63, 3.8) is 0 Å². The zero-order chi connectivity index (χ0) is 11.2. The van der Waals surface area contributed by atoms with Crippen molar-refractivity contribution in [2.75, 3.05) is 23.9 Å². The predicted octanol–water partition coefficient (Wildman–Crippen LogP) is 4.00. The molecule has 0 spiro atoms. The first-order valence-electron chi connectivity index (χ1n) is 5.62. The lowest BCUT2D eigenvalue weighted by Crippen LogP contribution is -2.02. The highest BCUT2D eigenvalue weighted by molar-refractivity contribution is 7.98. The maximum atomic E-state index is 3.46. The minimum atomic E-state index is 1.05. The van der Waals surface area contributed by atoms with E-state index < -0.39 is 0 Å². The Hall–Kier alpha value is -1.15. The molecule has 0 heterocycles. The molecule has 1 N–H and O–H groups in total. The van der Waals surface area contributed by atoms with Gasteiger partial charge in [0.05, 0.1) is 0 Å². The third-order valence-corrected chi connectivity index (χ3v) is 3.30. The normalized spacial score (nSPS) is 10.6. The summed E-state index contributed by atoms with van der Waals surface area (Å²) in [6.45, 7) is 1.05. The first-order chi connectivity index (χ1) is 7.90. The minimum Gasteiger partial charge on any atom is -0.385 e. The van der Waals surface area contributed by atoms with E-state index in [0.717, 1.165) is 6.54 Å². The van der Waals surface area contributed by atoms with E-state index >= 15 is 0 Å². The van der Waals surface area contributed by atoms with Crippen LogP contribution in [-0.2, 0) is 0 Å². The molecule has 0 fully saturated rings. The molecule has 2 rings (SSSR count). The summed E-state index contributed by atoms with van der Waals surface area (Å²) < 4.78 is 0. The number of benzene rings is 2. The van der Waals surface area contributed by atoms with Crippen LogP contribution < -0.4 is 5.32 Å². The van der Waals surface area contributed by atoms with E-state index in [0.29, 0.717) is 0 Å². The SMILES string of the molecule is CSCCCNc1ccc2ccccc2c1. The molecule has 0 aliphatic rings. The molecule has 0 saturated heterocycles. The summed E-state index contributed by atoms with van der Waals surface area (Å²) in [5, 5.41) is 6.06. The second kappa shape index (κ2) is 5.80. The van der Waals surface area contributed by atoms with Gasteiger partial charge in [-0.05, 0) is 41.3 Å². The predicted molar refractivity (Wildman–Crippen MR) is 75.4 cm³/mol. The minimum absolute atomic E-state index is 1.05. The first-order valence-corrected chi connectivity index (χ1v) is 7.01. The van der Waals surface area contributed by atoms with E-state index in [1.807, 2.05) is 11.8 Å². The monoisotopic (exact) mass is 231 g/mol. The van der Waals surface area contributed by atoms with E-state index in [2.05, 4.69) is 54.0 Å². The summed E-state index contributed by atoms with van der Waals surface area (Å²) >= 11 is 1.90. The molecule has 0 aliphatic carbocycles. The van der Waals surface area contributed by atoms with Gasteiger partial charge in [-0.2, -0.15) is 11.8 Å². The molecule has 0 bridgehead atoms. The number of rotatable bonds is 5. The molecule has 0 saturated carbocycles. The van der Waals surface area contributed by atoms with Gasteiger partial charge in [0.25, 0.3) is 0 Å². The third kappa shape index (κ3) is 2.92. The quantitative estimate of drug-likeness (QED) is 0.780. The molecule has 0 aliphatic heterocycles. The Morgan fingerprint density at radius 3 is 2.69 bits per heavy atom. The summed E-state index contributed by atoms with van der Waals surface area (Å²) in [5.74, 6) is 1.22. The van der Waals surface area contributed by atoms with E-state index in [4.69, 9.17) is 0 Å². The van der Waals surface area contributed by atoms with Crippen LogP contribution in [0, 0.1) is 0 Å². The largest absolute Gasteiger partial charge is 0.385 e. The van der Waals surface area contributed by atoms with Crippen LogP contribution in [0.1, 0.15) is 6.42 Å². The van der Waals surface area contributed by atoms with Gasteiger partial charge in [-0.1, -0.05) is 30.3 Å². The first kappa shape index (κ1) is 11.3. The zero-order valence-corrected chi connectivity index (χ0v) is 10.4. The summed E-state index contributed by atoms with van der Waals surface area (Å²) in [6.07, 6.45) is 3.37. The lowest BCUT2D eigenvalue weighted by molar-refractivity contribution is 0.994. The number of anilines is 1. The average molecular weight is 231 g/mol. The summed E-state index contributed by atoms with van der Waals surface area (Å²) in [4.78, 5) is 0. The fourth-order valence-electron chi connectivity index (χ4n) is 1.75. The van der Waals surface area contributed by atoms with Crippen molar-refractivity contribution in [2.45, 2.75) is 6.42 Å². The third-order valence-electron chi connectivity index (χ3n) is 2.60. The van der Waals surface area contributed by atoms with Gasteiger partial charge >= 0.3 is 0 Å². The van der Waals surface area contributed by atoms with Crippen LogP contribution in [0.3, 0.4) is 0 Å². The van der Waals surface area contributed by atoms with E-state index in [1.54, 1.807) is 0 Å². The number of hydrogen-bond donors (Lipinski definition) is 1. The molecular weight excluding hydrogens is 214 g/mol. The van der Waals surface area contributed by atoms with Gasteiger partial charge in [-0.15, -0.1) is 0 Å². The van der Waals surface area contributed by atoms with Gasteiger partial charge in [0, 0.05) is 12.2 Å². The van der Waals surface area contributed by atoms with E-state index in [1.165, 1.54) is 28.6 Å². The molecule has 1 nitrogen and oxygen atoms in total. The molecule has 2 heteroatoms. The number of thioether (sulfide) groups is 1. The highest BCUT2D eigenvalue weighted by Gasteiger charge is 1.95. The molecule has 0 unspecified atom stereocenters. The fourth-order valence-corrected chi connectivity index (χ4v) is 2.18. The maximum Gasteiger partial charge on any atom is 0.0346 e. The van der Waals surface area contributed by atoms with Crippen LogP contribution in [0.4, 0.5) is 5.69 Å². The molecule has 0 aromatic heterocycles. The number of fused-ring (bicyclic) bond motifs is 1. The molecule has 2 aromatic carbocycles. The Bertz CT molecular complexity index is 453. The molecule has 0 atom stereocenters. The van der Waals surface area contributed by atoms with Crippen LogP contribution in [0.25, 0.3) is 10.8 Å². The van der Waals surface area contributed by atoms with Crippen LogP contribution >= 0.6 is 11.8 Å². The van der Waals surface area contributed by atoms with Gasteiger partial charge in [0.15, 0.2) is 0 Å². The number of nitrogens with one attached hydrogen (secondary N) is 1. The topological polar surface area (TPSA) is 12.0 Å². The standard InChI is InChI=1S/C14H17NS/c1-16-10-4-9-15-14-8-7-12-5-2-3-6-13(12)11-14/h2-3,5-8,11,15H,4,9-10H2,1H3. The lowest BCUT2D eigenvalue weighted by atomic mass is 10.1. The van der Waals surface area contributed by atoms with Crippen LogP contribution in [-0.4, -0.2) is 18.6 Å². The zero-order valence-electron chi connectivity index (χ0n) is 9.57. The Morgan fingerprint density at radius 1 is 1.06 bits per heavy atom. The Kier molecular flexibility index (Phi) is 4.11. The molecular formula is C14H17NS. The Labute approximate surface area is 101 Å². The van der Waals surface area contributed by atoms with Crippen molar-refractivity contribution >= 4 is 28.2 Å². The average Bonchev–Trinajstić information content (AvgIpc) is 2.34. The van der Waals surface area contributed by atoms with Gasteiger partial charge in [-0.3, -0.25) is 0 Å². The van der Waals surface area contributed by atoms with Gasteiger partial charge < -0.3 is 5.32 Å². The highest BCUT2D eigenvalue weighted by Crippen LogP contribution is 2.18. The highest BCUT2D eigenvalue weighted by atomic mass is 32.2. The van der Waals surface area contributed by atoms with Crippen molar-refractivity contribution in [1.82, 2.24) is 0 Å². The molecule has 0 amide bonds. The molecule has 84 valence electrons. The summed E-state index contributed by atoms with van der Waals surface area (Å²) in [6, 6.07) is 15.0. The van der Waals surface area contributed by atoms with Crippen molar-refractivity contribution in [2.24, 2.45) is 0 Å². The second-order valence-corrected chi connectivity index (χ2v) is 4.82. The van der Waals surface area contributed by atoms with Crippen molar-refractivity contribution < 1.29 is 0 Å². The van der Waals surface area contributed by atoms with E-state index in [9.17, 15) is 0 Å². The molecule has 2 aromatic rings. The number of hydrogen-bond acceptors (Lipinski definition) is 2. The van der Waals surface area contributed by atoms with Gasteiger partial charge in [-0.25, -0.2) is 0 Å². The Balaban J connectivity index is 2.02. The van der Waals surface area contributed by atoms with Gasteiger partial charge in [0.2, 0.25) is 0 Å². The molecule has 16 heavy (non-hydrogen) atoms. The van der Waals surface area contributed by atoms with Crippen molar-refractivity contribution in [3.05, 3.63) is 42.5 Å². The lowest BCUT2D eigenvalue weighted by Gasteiger charge is -2.06. The van der Waals surface area contributed by atoms with Crippen LogP contribution in [0.5, 0.6) is 0 Å². The maximum absolute atomic E-state index is 3.46. The van der Waals surface area contributed by atoms with Crippen molar-refractivity contribution in [3.8, 4) is 0 Å². The summed E-state index contributed by atoms with van der Waals surface area (Å²) in [7, 11) is 0. The smallest absolute Gasteiger partial charge is 0.0346 e. The molecule has 0 radical (unpaired) electrons. The van der Waals surface area contributed by atoms with Crippen LogP contribution in [0.15, 0.2) is 42.5 Å². The van der Waals surface area contributed by atoms with Gasteiger partial charge in [0.1, 0.15) is 0 Å². The summed E-state index contributed by atoms with van der Waals surface area (Å²) in [5.41, 5.74) is 1.22. The fraction of sp³-hybridized carbons (Fsp3) is 0.286. The Morgan fingerprint density at radius 2 is 1.88 bits per heavy atom.